The molecule has 0 saturated carbocycles. The van der Waals surface area contributed by atoms with Gasteiger partial charge in [-0.1, -0.05) is 12.1 Å². The Hall–Kier alpha value is -3.22. The molecule has 0 spiro atoms. The highest BCUT2D eigenvalue weighted by Gasteiger charge is 2.16. The Labute approximate surface area is 156 Å². The Morgan fingerprint density at radius 3 is 2.70 bits per heavy atom. The molecule has 1 atom stereocenters. The normalized spacial score (nSPS) is 12.0. The highest BCUT2D eigenvalue weighted by atomic mass is 16.5. The van der Waals surface area contributed by atoms with Gasteiger partial charge in [0, 0.05) is 18.5 Å². The number of aryl methyl sites for hydroxylation is 1. The molecule has 2 aromatic carbocycles. The number of para-hydroxylation sites is 2. The van der Waals surface area contributed by atoms with Gasteiger partial charge in [-0.25, -0.2) is 4.79 Å². The van der Waals surface area contributed by atoms with Crippen LogP contribution in [-0.2, 0) is 11.3 Å². The number of nitrogens with zero attached hydrogens (tertiary/aromatic N) is 1. The summed E-state index contributed by atoms with van der Waals surface area (Å²) in [6.45, 7) is 2.11. The molecule has 7 nitrogen and oxygen atoms in total. The minimum absolute atomic E-state index is 0.153. The van der Waals surface area contributed by atoms with Crippen molar-refractivity contribution in [2.45, 2.75) is 25.9 Å². The van der Waals surface area contributed by atoms with Crippen molar-refractivity contribution in [2.24, 2.45) is 0 Å². The van der Waals surface area contributed by atoms with Gasteiger partial charge in [-0.3, -0.25) is 9.36 Å². The molecule has 1 aromatic heterocycles. The van der Waals surface area contributed by atoms with Gasteiger partial charge in [0.2, 0.25) is 5.91 Å². The highest BCUT2D eigenvalue weighted by Crippen LogP contribution is 2.29. The second-order valence-corrected chi connectivity index (χ2v) is 6.13. The summed E-state index contributed by atoms with van der Waals surface area (Å²) in [6, 6.07) is 12.3. The molecule has 1 amide bonds. The molecule has 142 valence electrons. The molecule has 7 heteroatoms. The summed E-state index contributed by atoms with van der Waals surface area (Å²) in [4.78, 5) is 24.4. The van der Waals surface area contributed by atoms with Crippen molar-refractivity contribution in [1.29, 1.82) is 0 Å². The topological polar surface area (TPSA) is 82.7 Å². The predicted octanol–water partition coefficient (Wildman–Crippen LogP) is 2.88. The minimum atomic E-state index is -0.466. The summed E-state index contributed by atoms with van der Waals surface area (Å²) in [5.74, 6) is 0.708. The second kappa shape index (κ2) is 7.99. The summed E-state index contributed by atoms with van der Waals surface area (Å²) in [5.41, 5.74) is 2.01. The third-order valence-corrected chi connectivity index (χ3v) is 4.42. The number of rotatable bonds is 7. The fourth-order valence-corrected chi connectivity index (χ4v) is 3.01. The van der Waals surface area contributed by atoms with Gasteiger partial charge in [-0.2, -0.15) is 0 Å². The molecule has 0 bridgehead atoms. The van der Waals surface area contributed by atoms with Gasteiger partial charge >= 0.3 is 5.76 Å². The summed E-state index contributed by atoms with van der Waals surface area (Å²) < 4.78 is 17.3. The Morgan fingerprint density at radius 2 is 1.96 bits per heavy atom. The number of oxazole rings is 1. The van der Waals surface area contributed by atoms with E-state index in [1.54, 1.807) is 44.6 Å². The number of carbonyl (C=O) groups is 1. The number of nitrogens with one attached hydrogen (secondary N) is 1. The number of aromatic nitrogens is 1. The fourth-order valence-electron chi connectivity index (χ4n) is 3.01. The van der Waals surface area contributed by atoms with Crippen LogP contribution in [0.5, 0.6) is 11.5 Å². The van der Waals surface area contributed by atoms with Crippen LogP contribution in [0.15, 0.2) is 51.7 Å². The number of hydrogen-bond acceptors (Lipinski definition) is 5. The average Bonchev–Trinajstić information content (AvgIpc) is 3.00. The van der Waals surface area contributed by atoms with E-state index in [9.17, 15) is 9.59 Å². The molecule has 3 rings (SSSR count). The lowest BCUT2D eigenvalue weighted by Gasteiger charge is -2.18. The maximum atomic E-state index is 12.4. The van der Waals surface area contributed by atoms with Crippen molar-refractivity contribution in [3.8, 4) is 11.5 Å². The average molecular weight is 370 g/mol. The van der Waals surface area contributed by atoms with Crippen LogP contribution in [0.4, 0.5) is 0 Å². The van der Waals surface area contributed by atoms with Crippen LogP contribution in [0.2, 0.25) is 0 Å². The molecule has 0 saturated heterocycles. The van der Waals surface area contributed by atoms with Crippen molar-refractivity contribution in [2.75, 3.05) is 14.2 Å². The Morgan fingerprint density at radius 1 is 1.19 bits per heavy atom. The molecule has 0 fully saturated rings. The summed E-state index contributed by atoms with van der Waals surface area (Å²) >= 11 is 0. The van der Waals surface area contributed by atoms with E-state index >= 15 is 0 Å². The first-order valence-electron chi connectivity index (χ1n) is 8.63. The van der Waals surface area contributed by atoms with Gasteiger partial charge in [-0.15, -0.1) is 0 Å². The second-order valence-electron chi connectivity index (χ2n) is 6.13. The van der Waals surface area contributed by atoms with Crippen LogP contribution in [0.25, 0.3) is 11.1 Å². The summed E-state index contributed by atoms with van der Waals surface area (Å²) in [7, 11) is 3.16. The van der Waals surface area contributed by atoms with E-state index in [2.05, 4.69) is 5.32 Å². The third kappa shape index (κ3) is 3.97. The molecule has 1 N–H and O–H groups in total. The van der Waals surface area contributed by atoms with E-state index in [0.717, 1.165) is 5.56 Å². The molecule has 1 heterocycles. The first-order valence-corrected chi connectivity index (χ1v) is 8.63. The van der Waals surface area contributed by atoms with Crippen LogP contribution < -0.4 is 20.5 Å². The summed E-state index contributed by atoms with van der Waals surface area (Å²) in [5, 5.41) is 2.93. The van der Waals surface area contributed by atoms with Crippen molar-refractivity contribution in [1.82, 2.24) is 9.88 Å². The molecule has 0 aliphatic rings. The number of carbonyl (C=O) groups excluding carboxylic acids is 1. The number of ether oxygens (including phenoxy) is 2. The van der Waals surface area contributed by atoms with Crippen molar-refractivity contribution in [3.63, 3.8) is 0 Å². The fraction of sp³-hybridized carbons (Fsp3) is 0.300. The van der Waals surface area contributed by atoms with E-state index in [1.165, 1.54) is 4.57 Å². The lowest BCUT2D eigenvalue weighted by molar-refractivity contribution is -0.121. The zero-order valence-electron chi connectivity index (χ0n) is 15.5. The van der Waals surface area contributed by atoms with Crippen LogP contribution >= 0.6 is 0 Å². The lowest BCUT2D eigenvalue weighted by Crippen LogP contribution is -2.28. The van der Waals surface area contributed by atoms with E-state index in [-0.39, 0.29) is 24.9 Å². The number of benzene rings is 2. The van der Waals surface area contributed by atoms with Gasteiger partial charge in [-0.05, 0) is 37.3 Å². The van der Waals surface area contributed by atoms with Gasteiger partial charge < -0.3 is 19.2 Å². The number of methoxy groups -OCH3 is 2. The lowest BCUT2D eigenvalue weighted by atomic mass is 10.1. The first kappa shape index (κ1) is 18.6. The van der Waals surface area contributed by atoms with Gasteiger partial charge in [0.1, 0.15) is 11.5 Å². The highest BCUT2D eigenvalue weighted by molar-refractivity contribution is 5.77. The first-order chi connectivity index (χ1) is 13.0. The standard InChI is InChI=1S/C20H22N2O5/c1-13(15-12-14(25-2)8-9-17(15)26-3)21-19(23)10-11-22-16-6-4-5-7-18(16)27-20(22)24/h4-9,12-13H,10-11H2,1-3H3,(H,21,23). The van der Waals surface area contributed by atoms with Crippen molar-refractivity contribution >= 4 is 17.0 Å². The molecular formula is C20H22N2O5. The third-order valence-electron chi connectivity index (χ3n) is 4.42. The SMILES string of the molecule is COc1ccc(OC)c(C(C)NC(=O)CCn2c(=O)oc3ccccc32)c1. The number of fused-ring (bicyclic) bond motifs is 1. The molecule has 0 radical (unpaired) electrons. The smallest absolute Gasteiger partial charge is 0.419 e. The molecule has 3 aromatic rings. The van der Waals surface area contributed by atoms with E-state index in [0.29, 0.717) is 22.6 Å². The maximum absolute atomic E-state index is 12.4. The van der Waals surface area contributed by atoms with E-state index in [1.807, 2.05) is 19.1 Å². The summed E-state index contributed by atoms with van der Waals surface area (Å²) in [6.07, 6.45) is 0.153. The van der Waals surface area contributed by atoms with Gasteiger partial charge in [0.25, 0.3) is 0 Å². The molecule has 27 heavy (non-hydrogen) atoms. The molecular weight excluding hydrogens is 348 g/mol. The van der Waals surface area contributed by atoms with E-state index in [4.69, 9.17) is 13.9 Å². The van der Waals surface area contributed by atoms with Crippen LogP contribution in [-0.4, -0.2) is 24.7 Å². The zero-order chi connectivity index (χ0) is 19.4. The molecule has 0 aliphatic heterocycles. The van der Waals surface area contributed by atoms with Crippen molar-refractivity contribution < 1.29 is 18.7 Å². The number of amides is 1. The van der Waals surface area contributed by atoms with E-state index < -0.39 is 5.76 Å². The van der Waals surface area contributed by atoms with Crippen LogP contribution in [0, 0.1) is 0 Å². The quantitative estimate of drug-likeness (QED) is 0.691. The number of hydrogen-bond donors (Lipinski definition) is 1. The van der Waals surface area contributed by atoms with Crippen LogP contribution in [0.3, 0.4) is 0 Å². The molecule has 0 aliphatic carbocycles. The minimum Gasteiger partial charge on any atom is -0.497 e. The predicted molar refractivity (Wildman–Crippen MR) is 101 cm³/mol. The zero-order valence-corrected chi connectivity index (χ0v) is 15.5. The van der Waals surface area contributed by atoms with Gasteiger partial charge in [0.15, 0.2) is 5.58 Å². The maximum Gasteiger partial charge on any atom is 0.419 e. The van der Waals surface area contributed by atoms with Crippen LogP contribution in [0.1, 0.15) is 24.9 Å². The monoisotopic (exact) mass is 370 g/mol. The Bertz CT molecular complexity index is 1010. The van der Waals surface area contributed by atoms with Crippen molar-refractivity contribution in [3.05, 3.63) is 58.6 Å². The largest absolute Gasteiger partial charge is 0.497 e. The Balaban J connectivity index is 1.69. The Kier molecular flexibility index (Phi) is 5.49. The van der Waals surface area contributed by atoms with Gasteiger partial charge in [0.05, 0.1) is 25.8 Å². The molecule has 1 unspecified atom stereocenters.